The summed E-state index contributed by atoms with van der Waals surface area (Å²) < 4.78 is 4.96. The van der Waals surface area contributed by atoms with Crippen LogP contribution in [0.4, 0.5) is 5.69 Å². The van der Waals surface area contributed by atoms with Crippen molar-refractivity contribution in [2.24, 2.45) is 5.92 Å². The van der Waals surface area contributed by atoms with Crippen LogP contribution >= 0.6 is 0 Å². The number of esters is 1. The zero-order valence-corrected chi connectivity index (χ0v) is 17.4. The van der Waals surface area contributed by atoms with Crippen LogP contribution in [0.1, 0.15) is 22.8 Å². The van der Waals surface area contributed by atoms with E-state index in [1.165, 1.54) is 7.11 Å². The maximum Gasteiger partial charge on any atom is 0.311 e. The van der Waals surface area contributed by atoms with Crippen LogP contribution in [0, 0.1) is 12.5 Å². The number of methoxy groups -OCH3 is 1. The van der Waals surface area contributed by atoms with Crippen molar-refractivity contribution in [2.75, 3.05) is 7.11 Å². The van der Waals surface area contributed by atoms with Gasteiger partial charge < -0.3 is 10.1 Å². The summed E-state index contributed by atoms with van der Waals surface area (Å²) in [5.41, 5.74) is 3.85. The largest absolute Gasteiger partial charge is 0.469 e. The van der Waals surface area contributed by atoms with Crippen molar-refractivity contribution in [3.8, 4) is 11.1 Å². The highest BCUT2D eigenvalue weighted by atomic mass is 16.5. The molecule has 0 spiro atoms. The van der Waals surface area contributed by atoms with Gasteiger partial charge in [-0.3, -0.25) is 14.6 Å². The van der Waals surface area contributed by atoms with Gasteiger partial charge in [-0.25, -0.2) is 4.85 Å². The minimum absolute atomic E-state index is 0.266. The second-order valence-corrected chi connectivity index (χ2v) is 7.19. The molecule has 1 amide bonds. The Labute approximate surface area is 181 Å². The minimum Gasteiger partial charge on any atom is -0.469 e. The van der Waals surface area contributed by atoms with E-state index < -0.39 is 17.9 Å². The average Bonchev–Trinajstić information content (AvgIpc) is 2.82. The number of carbonyl (C=O) groups is 2. The molecule has 0 saturated carbocycles. The number of hydrogen-bond acceptors (Lipinski definition) is 4. The van der Waals surface area contributed by atoms with Crippen molar-refractivity contribution in [2.45, 2.75) is 19.4 Å². The van der Waals surface area contributed by atoms with Crippen molar-refractivity contribution in [1.29, 1.82) is 0 Å². The summed E-state index contributed by atoms with van der Waals surface area (Å²) in [7, 11) is 1.33. The second-order valence-electron chi connectivity index (χ2n) is 7.19. The van der Waals surface area contributed by atoms with E-state index in [-0.39, 0.29) is 5.91 Å². The second kappa shape index (κ2) is 10.2. The first-order valence-electron chi connectivity index (χ1n) is 9.87. The first-order valence-corrected chi connectivity index (χ1v) is 9.87. The zero-order chi connectivity index (χ0) is 22.2. The van der Waals surface area contributed by atoms with Gasteiger partial charge >= 0.3 is 5.97 Å². The first-order chi connectivity index (χ1) is 15.0. The number of hydrogen-bond donors (Lipinski definition) is 1. The summed E-state index contributed by atoms with van der Waals surface area (Å²) in [4.78, 5) is 32.6. The van der Waals surface area contributed by atoms with Crippen molar-refractivity contribution in [1.82, 2.24) is 10.3 Å². The van der Waals surface area contributed by atoms with Gasteiger partial charge in [0.05, 0.1) is 19.6 Å². The van der Waals surface area contributed by atoms with Gasteiger partial charge in [0, 0.05) is 24.0 Å². The molecule has 6 heteroatoms. The first kappa shape index (κ1) is 21.7. The van der Waals surface area contributed by atoms with Crippen molar-refractivity contribution in [3.05, 3.63) is 95.6 Å². The number of aromatic nitrogens is 1. The molecule has 1 aromatic heterocycles. The Balaban J connectivity index is 1.71. The summed E-state index contributed by atoms with van der Waals surface area (Å²) in [5.74, 6) is -1.25. The van der Waals surface area contributed by atoms with Crippen LogP contribution in [-0.2, 0) is 16.0 Å². The van der Waals surface area contributed by atoms with E-state index in [9.17, 15) is 9.59 Å². The monoisotopic (exact) mass is 413 g/mol. The summed E-state index contributed by atoms with van der Waals surface area (Å²) >= 11 is 0. The maximum atomic E-state index is 12.8. The van der Waals surface area contributed by atoms with Gasteiger partial charge in [0.1, 0.15) is 0 Å². The third-order valence-corrected chi connectivity index (χ3v) is 5.12. The number of ether oxygens (including phenoxy) is 1. The Morgan fingerprint density at radius 2 is 1.74 bits per heavy atom. The summed E-state index contributed by atoms with van der Waals surface area (Å²) in [6.45, 7) is 8.94. The maximum absolute atomic E-state index is 12.8. The van der Waals surface area contributed by atoms with E-state index in [4.69, 9.17) is 11.3 Å². The van der Waals surface area contributed by atoms with Gasteiger partial charge in [-0.15, -0.1) is 0 Å². The van der Waals surface area contributed by atoms with E-state index >= 15 is 0 Å². The average molecular weight is 413 g/mol. The number of carbonyl (C=O) groups excluding carboxylic acids is 2. The molecule has 1 N–H and O–H groups in total. The predicted octanol–water partition coefficient (Wildman–Crippen LogP) is 4.45. The molecule has 0 fully saturated rings. The third kappa shape index (κ3) is 5.55. The lowest BCUT2D eigenvalue weighted by molar-refractivity contribution is -0.146. The molecule has 156 valence electrons. The smallest absolute Gasteiger partial charge is 0.311 e. The van der Waals surface area contributed by atoms with Gasteiger partial charge in [-0.2, -0.15) is 0 Å². The summed E-state index contributed by atoms with van der Waals surface area (Å²) in [5, 5.41) is 2.91. The molecule has 0 saturated heterocycles. The highest BCUT2D eigenvalue weighted by molar-refractivity contribution is 5.95. The quantitative estimate of drug-likeness (QED) is 0.459. The van der Waals surface area contributed by atoms with Crippen LogP contribution in [0.5, 0.6) is 0 Å². The van der Waals surface area contributed by atoms with Crippen molar-refractivity contribution < 1.29 is 14.3 Å². The fourth-order valence-electron chi connectivity index (χ4n) is 3.37. The molecule has 1 unspecified atom stereocenters. The van der Waals surface area contributed by atoms with Crippen LogP contribution in [0.25, 0.3) is 16.0 Å². The molecule has 0 aliphatic carbocycles. The van der Waals surface area contributed by atoms with Crippen LogP contribution in [-0.4, -0.2) is 30.0 Å². The van der Waals surface area contributed by atoms with Gasteiger partial charge in [-0.1, -0.05) is 42.0 Å². The number of nitrogens with one attached hydrogen (secondary N) is 1. The molecule has 2 aromatic carbocycles. The van der Waals surface area contributed by atoms with Gasteiger partial charge in [0.25, 0.3) is 5.91 Å². The molecule has 3 aromatic rings. The Bertz CT molecular complexity index is 1090. The minimum atomic E-state index is -0.578. The molecule has 0 bridgehead atoms. The van der Waals surface area contributed by atoms with Gasteiger partial charge in [0.15, 0.2) is 5.69 Å². The van der Waals surface area contributed by atoms with Crippen LogP contribution < -0.4 is 5.32 Å². The highest BCUT2D eigenvalue weighted by Crippen LogP contribution is 2.21. The highest BCUT2D eigenvalue weighted by Gasteiger charge is 2.28. The number of nitrogens with zero attached hydrogens (tertiary/aromatic N) is 2. The number of pyridine rings is 1. The van der Waals surface area contributed by atoms with Crippen molar-refractivity contribution >= 4 is 17.6 Å². The molecule has 0 aliphatic heterocycles. The van der Waals surface area contributed by atoms with E-state index in [1.807, 2.05) is 30.3 Å². The van der Waals surface area contributed by atoms with Crippen molar-refractivity contribution in [3.63, 3.8) is 0 Å². The number of rotatable bonds is 7. The molecule has 2 atom stereocenters. The van der Waals surface area contributed by atoms with Gasteiger partial charge in [-0.05, 0) is 48.7 Å². The molecule has 1 heterocycles. The Morgan fingerprint density at radius 1 is 1.06 bits per heavy atom. The molecule has 6 nitrogen and oxygen atoms in total. The molecule has 3 rings (SSSR count). The molecule has 0 radical (unpaired) electrons. The molecular weight excluding hydrogens is 390 g/mol. The number of benzene rings is 2. The van der Waals surface area contributed by atoms with Gasteiger partial charge in [0.2, 0.25) is 0 Å². The lowest BCUT2D eigenvalue weighted by Crippen LogP contribution is -2.42. The lowest BCUT2D eigenvalue weighted by atomic mass is 9.92. The van der Waals surface area contributed by atoms with Crippen LogP contribution in [0.15, 0.2) is 73.1 Å². The van der Waals surface area contributed by atoms with E-state index in [0.29, 0.717) is 17.7 Å². The fourth-order valence-corrected chi connectivity index (χ4v) is 3.37. The molecular formula is C25H23N3O3. The Kier molecular flexibility index (Phi) is 7.13. The van der Waals surface area contributed by atoms with E-state index in [2.05, 4.69) is 15.1 Å². The van der Waals surface area contributed by atoms with E-state index in [0.717, 1.165) is 16.7 Å². The predicted molar refractivity (Wildman–Crippen MR) is 119 cm³/mol. The Morgan fingerprint density at radius 3 is 2.39 bits per heavy atom. The summed E-state index contributed by atoms with van der Waals surface area (Å²) in [6, 6.07) is 17.7. The Hall–Kier alpha value is -3.98. The molecule has 0 aliphatic rings. The van der Waals surface area contributed by atoms with Crippen LogP contribution in [0.3, 0.4) is 0 Å². The van der Waals surface area contributed by atoms with E-state index in [1.54, 1.807) is 49.6 Å². The zero-order valence-electron chi connectivity index (χ0n) is 17.4. The standard InChI is InChI=1S/C25H23N3O3/c1-17(23(25(30)31-3)16-18-5-4-6-22(15-18)26-2)28-24(29)21-9-7-19(8-10-21)20-11-13-27-14-12-20/h4-15,17,23H,16H2,1,3H3,(H,28,29)/t17-,23?/m1/s1. The van der Waals surface area contributed by atoms with Crippen LogP contribution in [0.2, 0.25) is 0 Å². The lowest BCUT2D eigenvalue weighted by Gasteiger charge is -2.23. The fraction of sp³-hybridized carbons (Fsp3) is 0.200. The molecule has 31 heavy (non-hydrogen) atoms. The normalized spacial score (nSPS) is 12.3. The SMILES string of the molecule is [C-]#[N+]c1cccc(CC(C(=O)OC)[C@@H](C)NC(=O)c2ccc(-c3ccncc3)cc2)c1. The third-order valence-electron chi connectivity index (χ3n) is 5.12. The summed E-state index contributed by atoms with van der Waals surface area (Å²) in [6.07, 6.45) is 3.80. The topological polar surface area (TPSA) is 72.7 Å². The number of amides is 1.